The van der Waals surface area contributed by atoms with Crippen LogP contribution < -0.4 is 10.6 Å². The Bertz CT molecular complexity index is 488. The number of carbonyl (C=O) groups is 2. The number of carbonyl (C=O) groups excluding carboxylic acids is 1. The van der Waals surface area contributed by atoms with Gasteiger partial charge in [0.2, 0.25) is 0 Å². The number of halogens is 2. The van der Waals surface area contributed by atoms with Gasteiger partial charge in [0.1, 0.15) is 5.82 Å². The molecule has 0 fully saturated rings. The Morgan fingerprint density at radius 3 is 2.55 bits per heavy atom. The van der Waals surface area contributed by atoms with Crippen LogP contribution in [0.5, 0.6) is 0 Å². The highest BCUT2D eigenvalue weighted by atomic mass is 79.9. The second-order valence-corrected chi connectivity index (χ2v) is 5.50. The molecule has 1 aromatic rings. The zero-order valence-electron chi connectivity index (χ0n) is 11.1. The van der Waals surface area contributed by atoms with Crippen LogP contribution in [0.4, 0.5) is 14.9 Å². The van der Waals surface area contributed by atoms with Gasteiger partial charge in [-0.3, -0.25) is 4.79 Å². The van der Waals surface area contributed by atoms with E-state index in [0.29, 0.717) is 4.47 Å². The number of rotatable bonds is 5. The predicted molar refractivity (Wildman–Crippen MR) is 77.1 cm³/mol. The smallest absolute Gasteiger partial charge is 0.319 e. The quantitative estimate of drug-likeness (QED) is 0.765. The van der Waals surface area contributed by atoms with Crippen molar-refractivity contribution in [3.8, 4) is 0 Å². The Kier molecular flexibility index (Phi) is 5.94. The van der Waals surface area contributed by atoms with Crippen molar-refractivity contribution in [3.63, 3.8) is 0 Å². The summed E-state index contributed by atoms with van der Waals surface area (Å²) in [5.41, 5.74) is 0.0165. The molecule has 1 unspecified atom stereocenters. The van der Waals surface area contributed by atoms with Gasteiger partial charge in [-0.15, -0.1) is 0 Å². The standard InChI is InChI=1S/C13H16BrFN2O3/c1-7(2)10(6-11(18)19)16-13(20)17-12-8(14)4-3-5-9(12)15/h3-5,7,10H,6H2,1-2H3,(H,18,19)(H2,16,17,20). The summed E-state index contributed by atoms with van der Waals surface area (Å²) < 4.78 is 14.0. The highest BCUT2D eigenvalue weighted by Gasteiger charge is 2.20. The lowest BCUT2D eigenvalue weighted by atomic mass is 10.0. The first-order valence-corrected chi connectivity index (χ1v) is 6.84. The summed E-state index contributed by atoms with van der Waals surface area (Å²) in [6.07, 6.45) is -0.191. The van der Waals surface area contributed by atoms with E-state index in [4.69, 9.17) is 5.11 Å². The third kappa shape index (κ3) is 4.80. The average molecular weight is 347 g/mol. The summed E-state index contributed by atoms with van der Waals surface area (Å²) in [4.78, 5) is 22.5. The van der Waals surface area contributed by atoms with Gasteiger partial charge in [-0.25, -0.2) is 9.18 Å². The van der Waals surface area contributed by atoms with Gasteiger partial charge < -0.3 is 15.7 Å². The third-order valence-corrected chi connectivity index (χ3v) is 3.38. The monoisotopic (exact) mass is 346 g/mol. The number of carboxylic acids is 1. The molecule has 0 aliphatic carbocycles. The molecule has 0 saturated carbocycles. The number of amides is 2. The van der Waals surface area contributed by atoms with Crippen LogP contribution in [-0.2, 0) is 4.79 Å². The molecule has 1 rings (SSSR count). The van der Waals surface area contributed by atoms with Gasteiger partial charge in [0, 0.05) is 10.5 Å². The van der Waals surface area contributed by atoms with E-state index in [9.17, 15) is 14.0 Å². The largest absolute Gasteiger partial charge is 0.481 e. The molecule has 0 heterocycles. The van der Waals surface area contributed by atoms with E-state index in [1.54, 1.807) is 19.9 Å². The fourth-order valence-corrected chi connectivity index (χ4v) is 2.02. The van der Waals surface area contributed by atoms with E-state index in [0.717, 1.165) is 0 Å². The van der Waals surface area contributed by atoms with E-state index in [2.05, 4.69) is 26.6 Å². The molecule has 0 bridgehead atoms. The number of para-hydroxylation sites is 1. The van der Waals surface area contributed by atoms with Crippen LogP contribution in [0.2, 0.25) is 0 Å². The van der Waals surface area contributed by atoms with Crippen LogP contribution in [0.15, 0.2) is 22.7 Å². The zero-order chi connectivity index (χ0) is 15.3. The number of hydrogen-bond donors (Lipinski definition) is 3. The number of hydrogen-bond acceptors (Lipinski definition) is 2. The van der Waals surface area contributed by atoms with E-state index < -0.39 is 23.9 Å². The predicted octanol–water partition coefficient (Wildman–Crippen LogP) is 3.21. The van der Waals surface area contributed by atoms with Crippen molar-refractivity contribution in [2.24, 2.45) is 5.92 Å². The maximum Gasteiger partial charge on any atom is 0.319 e. The number of urea groups is 1. The van der Waals surface area contributed by atoms with Crippen LogP contribution in [0.25, 0.3) is 0 Å². The molecule has 1 aromatic carbocycles. The summed E-state index contributed by atoms with van der Waals surface area (Å²) in [5, 5.41) is 13.7. The summed E-state index contributed by atoms with van der Waals surface area (Å²) in [5.74, 6) is -1.63. The van der Waals surface area contributed by atoms with Crippen LogP contribution in [0.3, 0.4) is 0 Å². The Balaban J connectivity index is 2.73. The molecule has 0 saturated heterocycles. The van der Waals surface area contributed by atoms with Gasteiger partial charge in [-0.2, -0.15) is 0 Å². The van der Waals surface area contributed by atoms with Crippen LogP contribution in [0, 0.1) is 11.7 Å². The molecule has 7 heteroatoms. The fourth-order valence-electron chi connectivity index (χ4n) is 1.58. The molecule has 0 aliphatic heterocycles. The van der Waals surface area contributed by atoms with Crippen molar-refractivity contribution in [3.05, 3.63) is 28.5 Å². The first-order chi connectivity index (χ1) is 9.31. The molecular weight excluding hydrogens is 331 g/mol. The van der Waals surface area contributed by atoms with E-state index in [1.165, 1.54) is 12.1 Å². The average Bonchev–Trinajstić information content (AvgIpc) is 2.32. The molecule has 0 spiro atoms. The Morgan fingerprint density at radius 2 is 2.05 bits per heavy atom. The summed E-state index contributed by atoms with van der Waals surface area (Å²) in [6.45, 7) is 3.60. The first kappa shape index (κ1) is 16.4. The fraction of sp³-hybridized carbons (Fsp3) is 0.385. The maximum absolute atomic E-state index is 13.6. The first-order valence-electron chi connectivity index (χ1n) is 6.04. The van der Waals surface area contributed by atoms with Gasteiger partial charge in [0.15, 0.2) is 0 Å². The SMILES string of the molecule is CC(C)C(CC(=O)O)NC(=O)Nc1c(F)cccc1Br. The van der Waals surface area contributed by atoms with Crippen LogP contribution in [-0.4, -0.2) is 23.1 Å². The minimum absolute atomic E-state index is 0.0165. The Morgan fingerprint density at radius 1 is 1.40 bits per heavy atom. The maximum atomic E-state index is 13.6. The zero-order valence-corrected chi connectivity index (χ0v) is 12.7. The highest BCUT2D eigenvalue weighted by molar-refractivity contribution is 9.10. The Hall–Kier alpha value is -1.63. The van der Waals surface area contributed by atoms with Gasteiger partial charge >= 0.3 is 12.0 Å². The number of nitrogens with one attached hydrogen (secondary N) is 2. The van der Waals surface area contributed by atoms with Gasteiger partial charge in [-0.05, 0) is 34.0 Å². The molecule has 1 atom stereocenters. The molecule has 5 nitrogen and oxygen atoms in total. The lowest BCUT2D eigenvalue weighted by molar-refractivity contribution is -0.137. The van der Waals surface area contributed by atoms with Crippen molar-refractivity contribution < 1.29 is 19.1 Å². The van der Waals surface area contributed by atoms with E-state index in [1.807, 2.05) is 0 Å². The van der Waals surface area contributed by atoms with Crippen molar-refractivity contribution in [2.75, 3.05) is 5.32 Å². The number of carboxylic acid groups (broad SMARTS) is 1. The molecule has 110 valence electrons. The third-order valence-electron chi connectivity index (χ3n) is 2.72. The number of benzene rings is 1. The number of anilines is 1. The van der Waals surface area contributed by atoms with Gasteiger partial charge in [-0.1, -0.05) is 19.9 Å². The van der Waals surface area contributed by atoms with Crippen molar-refractivity contribution in [1.82, 2.24) is 5.32 Å². The topological polar surface area (TPSA) is 78.4 Å². The summed E-state index contributed by atoms with van der Waals surface area (Å²) in [7, 11) is 0. The van der Waals surface area contributed by atoms with Crippen molar-refractivity contribution in [2.45, 2.75) is 26.3 Å². The summed E-state index contributed by atoms with van der Waals surface area (Å²) >= 11 is 3.13. The molecule has 0 aromatic heterocycles. The van der Waals surface area contributed by atoms with Crippen LogP contribution >= 0.6 is 15.9 Å². The second kappa shape index (κ2) is 7.23. The highest BCUT2D eigenvalue weighted by Crippen LogP contribution is 2.25. The number of aliphatic carboxylic acids is 1. The van der Waals surface area contributed by atoms with Gasteiger partial charge in [0.05, 0.1) is 12.1 Å². The summed E-state index contributed by atoms with van der Waals surface area (Å²) in [6, 6.07) is 3.14. The van der Waals surface area contributed by atoms with Gasteiger partial charge in [0.25, 0.3) is 0 Å². The molecular formula is C13H16BrFN2O3. The van der Waals surface area contributed by atoms with Crippen molar-refractivity contribution >= 4 is 33.6 Å². The molecule has 20 heavy (non-hydrogen) atoms. The Labute approximate surface area is 124 Å². The lowest BCUT2D eigenvalue weighted by Gasteiger charge is -2.21. The van der Waals surface area contributed by atoms with Crippen molar-refractivity contribution in [1.29, 1.82) is 0 Å². The van der Waals surface area contributed by atoms with E-state index in [-0.39, 0.29) is 18.0 Å². The van der Waals surface area contributed by atoms with Crippen LogP contribution in [0.1, 0.15) is 20.3 Å². The molecule has 3 N–H and O–H groups in total. The second-order valence-electron chi connectivity index (χ2n) is 4.64. The minimum Gasteiger partial charge on any atom is -0.481 e. The molecule has 0 radical (unpaired) electrons. The minimum atomic E-state index is -1.00. The normalized spacial score (nSPS) is 12.1. The lowest BCUT2D eigenvalue weighted by Crippen LogP contribution is -2.42. The molecule has 2 amide bonds. The molecule has 0 aliphatic rings. The van der Waals surface area contributed by atoms with E-state index >= 15 is 0 Å².